The molecule has 0 aliphatic rings. The van der Waals surface area contributed by atoms with Gasteiger partial charge in [0.2, 0.25) is 5.82 Å². The first-order valence-electron chi connectivity index (χ1n) is 8.92. The van der Waals surface area contributed by atoms with Crippen LogP contribution >= 0.6 is 0 Å². The minimum Gasteiger partial charge on any atom is -0.493 e. The van der Waals surface area contributed by atoms with Gasteiger partial charge < -0.3 is 18.7 Å². The molecule has 0 bridgehead atoms. The second-order valence-electron chi connectivity index (χ2n) is 6.06. The molecule has 0 spiro atoms. The first-order valence-corrected chi connectivity index (χ1v) is 8.92. The van der Waals surface area contributed by atoms with Crippen LogP contribution in [0.1, 0.15) is 30.7 Å². The Bertz CT molecular complexity index is 924. The van der Waals surface area contributed by atoms with Gasteiger partial charge in [0.1, 0.15) is 0 Å². The van der Waals surface area contributed by atoms with Gasteiger partial charge in [-0.1, -0.05) is 42.4 Å². The van der Waals surface area contributed by atoms with E-state index in [1.807, 2.05) is 37.3 Å². The SMILES string of the molecule is CC[C@@H](C(=O)OCc1nc(-c2ccc(OC)c(OC)c2)no1)c1ccccc1. The molecule has 1 heterocycles. The predicted octanol–water partition coefficient (Wildman–Crippen LogP) is 3.99. The second-order valence-corrected chi connectivity index (χ2v) is 6.06. The van der Waals surface area contributed by atoms with Gasteiger partial charge in [-0.05, 0) is 30.2 Å². The van der Waals surface area contributed by atoms with Gasteiger partial charge in [-0.3, -0.25) is 4.79 Å². The fourth-order valence-electron chi connectivity index (χ4n) is 2.86. The first kappa shape index (κ1) is 19.4. The van der Waals surface area contributed by atoms with Crippen LogP contribution in [0.5, 0.6) is 11.5 Å². The summed E-state index contributed by atoms with van der Waals surface area (Å²) in [5.41, 5.74) is 1.63. The number of benzene rings is 2. The number of nitrogens with zero attached hydrogens (tertiary/aromatic N) is 2. The van der Waals surface area contributed by atoms with Crippen LogP contribution in [0.2, 0.25) is 0 Å². The Morgan fingerprint density at radius 2 is 1.82 bits per heavy atom. The molecule has 0 aliphatic heterocycles. The first-order chi connectivity index (χ1) is 13.7. The van der Waals surface area contributed by atoms with E-state index in [0.29, 0.717) is 29.3 Å². The molecule has 0 saturated carbocycles. The number of hydrogen-bond acceptors (Lipinski definition) is 7. The molecule has 1 aromatic heterocycles. The molecule has 7 heteroatoms. The lowest BCUT2D eigenvalue weighted by molar-refractivity contribution is -0.147. The van der Waals surface area contributed by atoms with Crippen molar-refractivity contribution in [3.63, 3.8) is 0 Å². The minimum atomic E-state index is -0.325. The zero-order valence-corrected chi connectivity index (χ0v) is 16.0. The van der Waals surface area contributed by atoms with E-state index in [9.17, 15) is 4.79 Å². The highest BCUT2D eigenvalue weighted by atomic mass is 16.6. The van der Waals surface area contributed by atoms with Crippen LogP contribution in [0.25, 0.3) is 11.4 Å². The van der Waals surface area contributed by atoms with Gasteiger partial charge in [0, 0.05) is 5.56 Å². The fourth-order valence-corrected chi connectivity index (χ4v) is 2.86. The van der Waals surface area contributed by atoms with Crippen LogP contribution in [0.15, 0.2) is 53.1 Å². The molecule has 28 heavy (non-hydrogen) atoms. The quantitative estimate of drug-likeness (QED) is 0.545. The normalized spacial score (nSPS) is 11.7. The van der Waals surface area contributed by atoms with Gasteiger partial charge in [0.15, 0.2) is 18.1 Å². The van der Waals surface area contributed by atoms with Crippen LogP contribution in [0, 0.1) is 0 Å². The van der Waals surface area contributed by atoms with E-state index in [0.717, 1.165) is 5.56 Å². The number of ether oxygens (including phenoxy) is 3. The van der Waals surface area contributed by atoms with Crippen molar-refractivity contribution in [3.05, 3.63) is 60.0 Å². The van der Waals surface area contributed by atoms with Gasteiger partial charge in [-0.25, -0.2) is 0 Å². The van der Waals surface area contributed by atoms with E-state index in [4.69, 9.17) is 18.7 Å². The average molecular weight is 382 g/mol. The molecule has 3 rings (SSSR count). The van der Waals surface area contributed by atoms with Crippen LogP contribution in [0.3, 0.4) is 0 Å². The lowest BCUT2D eigenvalue weighted by Crippen LogP contribution is -2.15. The fraction of sp³-hybridized carbons (Fsp3) is 0.286. The summed E-state index contributed by atoms with van der Waals surface area (Å²) in [4.78, 5) is 16.7. The van der Waals surface area contributed by atoms with Crippen LogP contribution < -0.4 is 9.47 Å². The number of methoxy groups -OCH3 is 2. The third-order valence-electron chi connectivity index (χ3n) is 4.34. The smallest absolute Gasteiger partial charge is 0.313 e. The van der Waals surface area contributed by atoms with Crippen molar-refractivity contribution in [2.24, 2.45) is 0 Å². The Hall–Kier alpha value is -3.35. The highest BCUT2D eigenvalue weighted by Crippen LogP contribution is 2.31. The third kappa shape index (κ3) is 4.31. The zero-order chi connectivity index (χ0) is 19.9. The molecule has 0 fully saturated rings. The van der Waals surface area contributed by atoms with Gasteiger partial charge in [0.25, 0.3) is 5.89 Å². The van der Waals surface area contributed by atoms with Crippen molar-refractivity contribution in [2.75, 3.05) is 14.2 Å². The van der Waals surface area contributed by atoms with E-state index in [1.165, 1.54) is 0 Å². The third-order valence-corrected chi connectivity index (χ3v) is 4.34. The Kier molecular flexibility index (Phi) is 6.26. The Morgan fingerprint density at radius 1 is 1.07 bits per heavy atom. The number of rotatable bonds is 8. The lowest BCUT2D eigenvalue weighted by Gasteiger charge is -2.13. The van der Waals surface area contributed by atoms with E-state index in [-0.39, 0.29) is 24.4 Å². The molecule has 0 aliphatic carbocycles. The average Bonchev–Trinajstić information content (AvgIpc) is 3.22. The second kappa shape index (κ2) is 9.03. The molecule has 0 saturated heterocycles. The standard InChI is InChI=1S/C21H22N2O5/c1-4-16(14-8-6-5-7-9-14)21(24)27-13-19-22-20(23-28-19)15-10-11-17(25-2)18(12-15)26-3/h5-12,16H,4,13H2,1-3H3/t16-/m1/s1. The lowest BCUT2D eigenvalue weighted by atomic mass is 9.97. The van der Waals surface area contributed by atoms with Gasteiger partial charge >= 0.3 is 5.97 Å². The summed E-state index contributed by atoms with van der Waals surface area (Å²) in [5, 5.41) is 3.94. The predicted molar refractivity (Wildman–Crippen MR) is 102 cm³/mol. The summed E-state index contributed by atoms with van der Waals surface area (Å²) >= 11 is 0. The summed E-state index contributed by atoms with van der Waals surface area (Å²) in [6.07, 6.45) is 0.642. The van der Waals surface area contributed by atoms with Crippen LogP contribution in [-0.4, -0.2) is 30.3 Å². The topological polar surface area (TPSA) is 83.7 Å². The van der Waals surface area contributed by atoms with Crippen LogP contribution in [-0.2, 0) is 16.1 Å². The summed E-state index contributed by atoms with van der Waals surface area (Å²) in [6, 6.07) is 14.9. The largest absolute Gasteiger partial charge is 0.493 e. The maximum atomic E-state index is 12.4. The zero-order valence-electron chi connectivity index (χ0n) is 16.0. The molecular formula is C21H22N2O5. The molecule has 0 amide bonds. The molecule has 0 unspecified atom stereocenters. The van der Waals surface area contributed by atoms with Crippen molar-refractivity contribution in [1.29, 1.82) is 0 Å². The van der Waals surface area contributed by atoms with Gasteiger partial charge in [-0.15, -0.1) is 0 Å². The summed E-state index contributed by atoms with van der Waals surface area (Å²) in [7, 11) is 3.12. The van der Waals surface area contributed by atoms with Gasteiger partial charge in [-0.2, -0.15) is 4.98 Å². The van der Waals surface area contributed by atoms with E-state index < -0.39 is 0 Å². The van der Waals surface area contributed by atoms with Gasteiger partial charge in [0.05, 0.1) is 20.1 Å². The molecular weight excluding hydrogens is 360 g/mol. The summed E-state index contributed by atoms with van der Waals surface area (Å²) in [6.45, 7) is 1.86. The molecule has 146 valence electrons. The number of esters is 1. The molecule has 0 radical (unpaired) electrons. The van der Waals surface area contributed by atoms with Crippen molar-refractivity contribution < 1.29 is 23.5 Å². The number of carbonyl (C=O) groups excluding carboxylic acids is 1. The summed E-state index contributed by atoms with van der Waals surface area (Å²) in [5.74, 6) is 1.12. The monoisotopic (exact) mass is 382 g/mol. The Labute approximate surface area is 163 Å². The number of carbonyl (C=O) groups is 1. The number of aromatic nitrogens is 2. The highest BCUT2D eigenvalue weighted by Gasteiger charge is 2.21. The molecule has 2 aromatic carbocycles. The van der Waals surface area contributed by atoms with E-state index in [1.54, 1.807) is 32.4 Å². The molecule has 1 atom stereocenters. The maximum absolute atomic E-state index is 12.4. The van der Waals surface area contributed by atoms with Crippen molar-refractivity contribution in [2.45, 2.75) is 25.9 Å². The van der Waals surface area contributed by atoms with Crippen LogP contribution in [0.4, 0.5) is 0 Å². The summed E-state index contributed by atoms with van der Waals surface area (Å²) < 4.78 is 21.1. The Morgan fingerprint density at radius 3 is 2.50 bits per heavy atom. The Balaban J connectivity index is 1.67. The minimum absolute atomic E-state index is 0.0809. The highest BCUT2D eigenvalue weighted by molar-refractivity contribution is 5.78. The van der Waals surface area contributed by atoms with Crippen molar-refractivity contribution in [1.82, 2.24) is 10.1 Å². The van der Waals surface area contributed by atoms with E-state index >= 15 is 0 Å². The number of hydrogen-bond donors (Lipinski definition) is 0. The molecule has 7 nitrogen and oxygen atoms in total. The van der Waals surface area contributed by atoms with E-state index in [2.05, 4.69) is 10.1 Å². The maximum Gasteiger partial charge on any atom is 0.313 e. The van der Waals surface area contributed by atoms with Crippen molar-refractivity contribution >= 4 is 5.97 Å². The molecule has 3 aromatic rings. The molecule has 0 N–H and O–H groups in total. The van der Waals surface area contributed by atoms with Crippen molar-refractivity contribution in [3.8, 4) is 22.9 Å².